The predicted octanol–water partition coefficient (Wildman–Crippen LogP) is 1.35. The van der Waals surface area contributed by atoms with Crippen LogP contribution in [0, 0.1) is 0 Å². The van der Waals surface area contributed by atoms with Gasteiger partial charge in [-0.1, -0.05) is 0 Å². The number of rotatable bonds is 8. The second-order valence-corrected chi connectivity index (χ2v) is 8.41. The maximum Gasteiger partial charge on any atom is 0.296 e. The molecule has 1 aliphatic rings. The summed E-state index contributed by atoms with van der Waals surface area (Å²) in [6.45, 7) is 2.32. The Balaban J connectivity index is 2.03. The molecule has 2 rings (SSSR count). The van der Waals surface area contributed by atoms with E-state index >= 15 is 0 Å². The molecule has 0 radical (unpaired) electrons. The highest BCUT2D eigenvalue weighted by Gasteiger charge is 2.25. The number of unbranched alkanes of at least 4 members (excludes halogenated alkanes) is 1. The molecule has 0 unspecified atom stereocenters. The summed E-state index contributed by atoms with van der Waals surface area (Å²) in [6, 6.07) is 4.84. The largest absolute Gasteiger partial charge is 0.296 e. The third kappa shape index (κ3) is 4.84. The third-order valence-electron chi connectivity index (χ3n) is 3.50. The maximum atomic E-state index is 11.9. The predicted molar refractivity (Wildman–Crippen MR) is 85.5 cm³/mol. The van der Waals surface area contributed by atoms with E-state index in [0.717, 1.165) is 11.3 Å². The Morgan fingerprint density at radius 1 is 1.22 bits per heavy atom. The number of nitrogens with zero attached hydrogens (tertiary/aromatic N) is 1. The quantitative estimate of drug-likeness (QED) is 0.324. The summed E-state index contributed by atoms with van der Waals surface area (Å²) >= 11 is 0. The van der Waals surface area contributed by atoms with E-state index in [4.69, 9.17) is 8.74 Å². The second kappa shape index (κ2) is 7.08. The van der Waals surface area contributed by atoms with Crippen LogP contribution in [-0.2, 0) is 30.8 Å². The van der Waals surface area contributed by atoms with Crippen molar-refractivity contribution in [3.8, 4) is 0 Å². The number of benzene rings is 1. The highest BCUT2D eigenvalue weighted by atomic mass is 32.2. The molecule has 1 aromatic rings. The molecule has 9 heteroatoms. The molecule has 128 valence electrons. The van der Waals surface area contributed by atoms with Crippen LogP contribution in [0.3, 0.4) is 0 Å². The van der Waals surface area contributed by atoms with E-state index in [1.165, 1.54) is 6.07 Å². The van der Waals surface area contributed by atoms with E-state index in [1.807, 2.05) is 10.8 Å². The van der Waals surface area contributed by atoms with Crippen molar-refractivity contribution in [3.63, 3.8) is 0 Å². The van der Waals surface area contributed by atoms with E-state index in [1.54, 1.807) is 19.1 Å². The summed E-state index contributed by atoms with van der Waals surface area (Å²) in [6.07, 6.45) is 3.53. The molecule has 0 aromatic heterocycles. The van der Waals surface area contributed by atoms with Crippen molar-refractivity contribution < 1.29 is 30.1 Å². The molecular weight excluding hydrogens is 342 g/mol. The first-order valence-electron chi connectivity index (χ1n) is 7.30. The highest BCUT2D eigenvalue weighted by Crippen LogP contribution is 2.27. The molecule has 0 spiro atoms. The fraction of sp³-hybridized carbons (Fsp3) is 0.500. The zero-order valence-electron chi connectivity index (χ0n) is 12.8. The molecule has 23 heavy (non-hydrogen) atoms. The molecule has 7 nitrogen and oxygen atoms in total. The summed E-state index contributed by atoms with van der Waals surface area (Å²) in [5, 5.41) is 0. The Kier molecular flexibility index (Phi) is 5.56. The van der Waals surface area contributed by atoms with Crippen LogP contribution < -0.4 is 0 Å². The van der Waals surface area contributed by atoms with Crippen molar-refractivity contribution in [3.05, 3.63) is 23.8 Å². The van der Waals surface area contributed by atoms with Gasteiger partial charge in [0.05, 0.1) is 23.7 Å². The van der Waals surface area contributed by atoms with Crippen molar-refractivity contribution in [1.29, 1.82) is 0 Å². The number of hydrogen-bond acceptors (Lipinski definition) is 5. The number of fused-ring (bicyclic) bond motifs is 1. The minimum atomic E-state index is -3.92. The molecule has 0 aliphatic carbocycles. The fourth-order valence-electron chi connectivity index (χ4n) is 2.47. The van der Waals surface area contributed by atoms with Gasteiger partial charge in [0.15, 0.2) is 0 Å². The molecule has 0 saturated carbocycles. The van der Waals surface area contributed by atoms with Gasteiger partial charge in [0.1, 0.15) is 12.8 Å². The van der Waals surface area contributed by atoms with Crippen molar-refractivity contribution >= 4 is 32.1 Å². The molecular formula is C14H20NO6S2+. The van der Waals surface area contributed by atoms with Gasteiger partial charge in [-0.05, 0) is 25.5 Å². The molecule has 0 bridgehead atoms. The molecule has 1 heterocycles. The van der Waals surface area contributed by atoms with Gasteiger partial charge >= 0.3 is 0 Å². The van der Waals surface area contributed by atoms with Crippen LogP contribution in [0.25, 0.3) is 0 Å². The van der Waals surface area contributed by atoms with Gasteiger partial charge in [-0.25, -0.2) is 4.58 Å². The fourth-order valence-corrected chi connectivity index (χ4v) is 4.01. The lowest BCUT2D eigenvalue weighted by atomic mass is 10.1. The molecule has 1 N–H and O–H groups in total. The van der Waals surface area contributed by atoms with Crippen LogP contribution in [0.15, 0.2) is 23.1 Å². The minimum Gasteiger partial charge on any atom is -0.286 e. The van der Waals surface area contributed by atoms with Crippen molar-refractivity contribution in [2.24, 2.45) is 0 Å². The van der Waals surface area contributed by atoms with Gasteiger partial charge in [-0.15, -0.1) is 0 Å². The Bertz CT molecular complexity index is 812. The van der Waals surface area contributed by atoms with Crippen molar-refractivity contribution in [1.82, 2.24) is 0 Å². The maximum absolute atomic E-state index is 11.9. The zero-order valence-corrected chi connectivity index (χ0v) is 14.4. The smallest absolute Gasteiger partial charge is 0.286 e. The zero-order chi connectivity index (χ0) is 17.1. The van der Waals surface area contributed by atoms with Crippen LogP contribution in [0.4, 0.5) is 5.69 Å². The standard InChI is InChI=1S/C14H19NO6S2/c1-2-21-23(19,20)13-5-6-14-12(11-13)7-9-15(14)8-3-4-10-22(16,17)18/h5-6,9,11H,2-4,7-8,10H2,1H3/p+1. The van der Waals surface area contributed by atoms with Gasteiger partial charge < -0.3 is 0 Å². The molecule has 0 atom stereocenters. The van der Waals surface area contributed by atoms with E-state index < -0.39 is 20.2 Å². The van der Waals surface area contributed by atoms with Crippen molar-refractivity contribution in [2.75, 3.05) is 18.9 Å². The summed E-state index contributed by atoms with van der Waals surface area (Å²) in [4.78, 5) is 0.139. The Hall–Kier alpha value is -1.29. The Morgan fingerprint density at radius 2 is 1.96 bits per heavy atom. The average Bonchev–Trinajstić information content (AvgIpc) is 2.85. The molecule has 0 fully saturated rings. The first-order valence-corrected chi connectivity index (χ1v) is 10.3. The first kappa shape index (κ1) is 18.1. The summed E-state index contributed by atoms with van der Waals surface area (Å²) < 4.78 is 60.6. The van der Waals surface area contributed by atoms with Crippen LogP contribution in [-0.4, -0.2) is 51.1 Å². The monoisotopic (exact) mass is 362 g/mol. The van der Waals surface area contributed by atoms with Gasteiger partial charge in [0.2, 0.25) is 5.69 Å². The lowest BCUT2D eigenvalue weighted by molar-refractivity contribution is -0.433. The van der Waals surface area contributed by atoms with Crippen LogP contribution in [0.1, 0.15) is 25.3 Å². The van der Waals surface area contributed by atoms with Crippen molar-refractivity contribution in [2.45, 2.75) is 31.1 Å². The Morgan fingerprint density at radius 3 is 2.61 bits per heavy atom. The first-order chi connectivity index (χ1) is 10.7. The minimum absolute atomic E-state index is 0.0887. The van der Waals surface area contributed by atoms with Crippen LogP contribution in [0.2, 0.25) is 0 Å². The summed E-state index contributed by atoms with van der Waals surface area (Å²) in [5.74, 6) is -0.251. The molecule has 0 saturated heterocycles. The van der Waals surface area contributed by atoms with E-state index in [2.05, 4.69) is 0 Å². The van der Waals surface area contributed by atoms with E-state index in [-0.39, 0.29) is 17.3 Å². The van der Waals surface area contributed by atoms with E-state index in [9.17, 15) is 16.8 Å². The van der Waals surface area contributed by atoms with Crippen LogP contribution in [0.5, 0.6) is 0 Å². The van der Waals surface area contributed by atoms with Gasteiger partial charge in [0, 0.05) is 18.1 Å². The molecule has 1 aromatic carbocycles. The second-order valence-electron chi connectivity index (χ2n) is 5.22. The third-order valence-corrected chi connectivity index (χ3v) is 5.69. The van der Waals surface area contributed by atoms with Gasteiger partial charge in [-0.2, -0.15) is 16.8 Å². The van der Waals surface area contributed by atoms with Gasteiger partial charge in [-0.3, -0.25) is 8.74 Å². The number of hydrogen-bond donors (Lipinski definition) is 1. The highest BCUT2D eigenvalue weighted by molar-refractivity contribution is 7.86. The average molecular weight is 362 g/mol. The molecule has 0 amide bonds. The van der Waals surface area contributed by atoms with Gasteiger partial charge in [0.25, 0.3) is 20.2 Å². The van der Waals surface area contributed by atoms with Crippen LogP contribution >= 0.6 is 0 Å². The topological polar surface area (TPSA) is 101 Å². The summed E-state index contributed by atoms with van der Waals surface area (Å²) in [5.41, 5.74) is 1.80. The Labute approximate surface area is 136 Å². The van der Waals surface area contributed by atoms with E-state index in [0.29, 0.717) is 25.8 Å². The molecule has 1 aliphatic heterocycles. The lowest BCUT2D eigenvalue weighted by Gasteiger charge is -2.05. The SMILES string of the molecule is CCOS(=O)(=O)c1ccc2c(c1)CC=[N+]2CCCCS(=O)(=O)O. The summed E-state index contributed by atoms with van der Waals surface area (Å²) in [7, 11) is -7.63. The lowest BCUT2D eigenvalue weighted by Crippen LogP contribution is -2.10. The normalized spacial score (nSPS) is 14.6.